The summed E-state index contributed by atoms with van der Waals surface area (Å²) in [7, 11) is 0. The Bertz CT molecular complexity index is 211. The maximum atomic E-state index is 11.3. The Morgan fingerprint density at radius 1 is 1.50 bits per heavy atom. The molecule has 0 aromatic carbocycles. The quantitative estimate of drug-likeness (QED) is 0.666. The minimum Gasteiger partial charge on any atom is -0.338 e. The maximum absolute atomic E-state index is 11.3. The van der Waals surface area contributed by atoms with Gasteiger partial charge in [-0.15, -0.1) is 0 Å². The standard InChI is InChI=1S/C11H20N2O/c1-9(2)13-11(14)12-8-10-6-4-3-5-7-10/h3-4,9-10H,5-8H2,1-2H3,(H2,12,13,14). The van der Waals surface area contributed by atoms with Gasteiger partial charge in [0.2, 0.25) is 0 Å². The van der Waals surface area contributed by atoms with Crippen LogP contribution in [0.25, 0.3) is 0 Å². The Hall–Kier alpha value is -0.990. The molecule has 1 aliphatic carbocycles. The van der Waals surface area contributed by atoms with E-state index in [2.05, 4.69) is 22.8 Å². The summed E-state index contributed by atoms with van der Waals surface area (Å²) in [6.45, 7) is 4.72. The van der Waals surface area contributed by atoms with Gasteiger partial charge >= 0.3 is 6.03 Å². The van der Waals surface area contributed by atoms with Crippen molar-refractivity contribution >= 4 is 6.03 Å². The van der Waals surface area contributed by atoms with E-state index in [0.29, 0.717) is 5.92 Å². The second-order valence-electron chi connectivity index (χ2n) is 4.16. The fourth-order valence-electron chi connectivity index (χ4n) is 1.59. The van der Waals surface area contributed by atoms with Gasteiger partial charge in [-0.3, -0.25) is 0 Å². The van der Waals surface area contributed by atoms with E-state index >= 15 is 0 Å². The van der Waals surface area contributed by atoms with Gasteiger partial charge in [0.15, 0.2) is 0 Å². The first-order valence-electron chi connectivity index (χ1n) is 5.38. The first-order chi connectivity index (χ1) is 6.68. The molecule has 2 amide bonds. The number of urea groups is 1. The average molecular weight is 196 g/mol. The van der Waals surface area contributed by atoms with Crippen LogP contribution in [0.3, 0.4) is 0 Å². The molecular weight excluding hydrogens is 176 g/mol. The van der Waals surface area contributed by atoms with Crippen LogP contribution in [0.5, 0.6) is 0 Å². The largest absolute Gasteiger partial charge is 0.338 e. The van der Waals surface area contributed by atoms with Gasteiger partial charge < -0.3 is 10.6 Å². The second-order valence-corrected chi connectivity index (χ2v) is 4.16. The highest BCUT2D eigenvalue weighted by Gasteiger charge is 2.11. The number of nitrogens with one attached hydrogen (secondary N) is 2. The van der Waals surface area contributed by atoms with Gasteiger partial charge in [0.05, 0.1) is 0 Å². The molecular formula is C11H20N2O. The number of carbonyl (C=O) groups excluding carboxylic acids is 1. The Kier molecular flexibility index (Phi) is 4.50. The number of allylic oxidation sites excluding steroid dienone is 2. The molecule has 14 heavy (non-hydrogen) atoms. The van der Waals surface area contributed by atoms with Crippen molar-refractivity contribution in [1.29, 1.82) is 0 Å². The predicted octanol–water partition coefficient (Wildman–Crippen LogP) is 2.05. The molecule has 0 aliphatic heterocycles. The summed E-state index contributed by atoms with van der Waals surface area (Å²) >= 11 is 0. The molecule has 0 spiro atoms. The van der Waals surface area contributed by atoms with Crippen LogP contribution in [-0.4, -0.2) is 18.6 Å². The van der Waals surface area contributed by atoms with Crippen molar-refractivity contribution in [3.8, 4) is 0 Å². The van der Waals surface area contributed by atoms with Crippen molar-refractivity contribution in [3.63, 3.8) is 0 Å². The van der Waals surface area contributed by atoms with E-state index < -0.39 is 0 Å². The molecule has 0 radical (unpaired) electrons. The molecule has 3 nitrogen and oxygen atoms in total. The zero-order chi connectivity index (χ0) is 10.4. The van der Waals surface area contributed by atoms with E-state index in [1.807, 2.05) is 13.8 Å². The minimum atomic E-state index is -0.0467. The molecule has 1 aliphatic rings. The van der Waals surface area contributed by atoms with Crippen molar-refractivity contribution in [2.45, 2.75) is 39.2 Å². The van der Waals surface area contributed by atoms with Crippen LogP contribution in [0.2, 0.25) is 0 Å². The third-order valence-electron chi connectivity index (χ3n) is 2.35. The highest BCUT2D eigenvalue weighted by atomic mass is 16.2. The van der Waals surface area contributed by atoms with Crippen molar-refractivity contribution in [1.82, 2.24) is 10.6 Å². The lowest BCUT2D eigenvalue weighted by molar-refractivity contribution is 0.236. The number of carbonyl (C=O) groups is 1. The predicted molar refractivity (Wildman–Crippen MR) is 58.2 cm³/mol. The summed E-state index contributed by atoms with van der Waals surface area (Å²) in [5.41, 5.74) is 0. The Morgan fingerprint density at radius 3 is 2.86 bits per heavy atom. The molecule has 0 bridgehead atoms. The monoisotopic (exact) mass is 196 g/mol. The second kappa shape index (κ2) is 5.68. The van der Waals surface area contributed by atoms with Gasteiger partial charge in [0, 0.05) is 12.6 Å². The summed E-state index contributed by atoms with van der Waals surface area (Å²) in [6, 6.07) is 0.163. The fourth-order valence-corrected chi connectivity index (χ4v) is 1.59. The molecule has 0 aromatic rings. The molecule has 2 N–H and O–H groups in total. The molecule has 0 heterocycles. The van der Waals surface area contributed by atoms with E-state index in [-0.39, 0.29) is 12.1 Å². The Labute approximate surface area is 86.0 Å². The number of hydrogen-bond donors (Lipinski definition) is 2. The zero-order valence-corrected chi connectivity index (χ0v) is 9.05. The average Bonchev–Trinajstić information content (AvgIpc) is 2.15. The number of rotatable bonds is 3. The molecule has 1 unspecified atom stereocenters. The summed E-state index contributed by atoms with van der Waals surface area (Å²) in [5, 5.41) is 5.71. The maximum Gasteiger partial charge on any atom is 0.314 e. The molecule has 0 saturated carbocycles. The van der Waals surface area contributed by atoms with Gasteiger partial charge in [0.1, 0.15) is 0 Å². The van der Waals surface area contributed by atoms with Gasteiger partial charge in [-0.05, 0) is 39.0 Å². The molecule has 3 heteroatoms. The fraction of sp³-hybridized carbons (Fsp3) is 0.727. The first kappa shape index (κ1) is 11.1. The van der Waals surface area contributed by atoms with Crippen molar-refractivity contribution in [3.05, 3.63) is 12.2 Å². The van der Waals surface area contributed by atoms with Gasteiger partial charge in [-0.2, -0.15) is 0 Å². The van der Waals surface area contributed by atoms with Crippen LogP contribution in [0.4, 0.5) is 4.79 Å². The Morgan fingerprint density at radius 2 is 2.29 bits per heavy atom. The molecule has 0 saturated heterocycles. The first-order valence-corrected chi connectivity index (χ1v) is 5.38. The lowest BCUT2D eigenvalue weighted by atomic mass is 9.94. The van der Waals surface area contributed by atoms with E-state index in [9.17, 15) is 4.79 Å². The van der Waals surface area contributed by atoms with Crippen LogP contribution in [0, 0.1) is 5.92 Å². The molecule has 1 atom stereocenters. The summed E-state index contributed by atoms with van der Waals surface area (Å²) in [4.78, 5) is 11.3. The van der Waals surface area contributed by atoms with Gasteiger partial charge in [0.25, 0.3) is 0 Å². The third kappa shape index (κ3) is 4.30. The Balaban J connectivity index is 2.13. The van der Waals surface area contributed by atoms with Gasteiger partial charge in [-0.1, -0.05) is 12.2 Å². The lowest BCUT2D eigenvalue weighted by Gasteiger charge is -2.18. The van der Waals surface area contributed by atoms with Crippen molar-refractivity contribution in [2.24, 2.45) is 5.92 Å². The zero-order valence-electron chi connectivity index (χ0n) is 9.05. The van der Waals surface area contributed by atoms with E-state index in [4.69, 9.17) is 0 Å². The van der Waals surface area contributed by atoms with Crippen LogP contribution >= 0.6 is 0 Å². The highest BCUT2D eigenvalue weighted by molar-refractivity contribution is 5.74. The highest BCUT2D eigenvalue weighted by Crippen LogP contribution is 2.16. The number of amides is 2. The van der Waals surface area contributed by atoms with Crippen LogP contribution < -0.4 is 10.6 Å². The lowest BCUT2D eigenvalue weighted by Crippen LogP contribution is -2.41. The third-order valence-corrected chi connectivity index (χ3v) is 2.35. The minimum absolute atomic E-state index is 0.0467. The van der Waals surface area contributed by atoms with Crippen LogP contribution in [0.15, 0.2) is 12.2 Å². The molecule has 1 rings (SSSR count). The van der Waals surface area contributed by atoms with Crippen LogP contribution in [0.1, 0.15) is 33.1 Å². The summed E-state index contributed by atoms with van der Waals surface area (Å²) in [5.74, 6) is 0.623. The topological polar surface area (TPSA) is 41.1 Å². The SMILES string of the molecule is CC(C)NC(=O)NCC1CC=CCC1. The smallest absolute Gasteiger partial charge is 0.314 e. The van der Waals surface area contributed by atoms with E-state index in [0.717, 1.165) is 19.4 Å². The molecule has 80 valence electrons. The number of hydrogen-bond acceptors (Lipinski definition) is 1. The van der Waals surface area contributed by atoms with E-state index in [1.54, 1.807) is 0 Å². The van der Waals surface area contributed by atoms with Crippen molar-refractivity contribution in [2.75, 3.05) is 6.54 Å². The van der Waals surface area contributed by atoms with Crippen molar-refractivity contribution < 1.29 is 4.79 Å². The van der Waals surface area contributed by atoms with Gasteiger partial charge in [-0.25, -0.2) is 4.79 Å². The summed E-state index contributed by atoms with van der Waals surface area (Å²) in [6.07, 6.45) is 7.86. The van der Waals surface area contributed by atoms with Crippen LogP contribution in [-0.2, 0) is 0 Å². The normalized spacial score (nSPS) is 20.9. The molecule has 0 fully saturated rings. The molecule has 0 aromatic heterocycles. The summed E-state index contributed by atoms with van der Waals surface area (Å²) < 4.78 is 0. The van der Waals surface area contributed by atoms with E-state index in [1.165, 1.54) is 6.42 Å².